The first kappa shape index (κ1) is 13.3. The molecule has 2 rings (SSSR count). The van der Waals surface area contributed by atoms with E-state index in [4.69, 9.17) is 0 Å². The van der Waals surface area contributed by atoms with E-state index in [-0.39, 0.29) is 0 Å². The highest BCUT2D eigenvalue weighted by atomic mass is 16.1. The molecule has 0 unspecified atom stereocenters. The quantitative estimate of drug-likeness (QED) is 0.701. The Labute approximate surface area is 111 Å². The Balaban J connectivity index is 2.03. The standard InChI is InChI=1S/C17H24O/c1-3-14-9-10-16(13(2)11-14)17(18)12-15-7-5-4-6-8-15/h9-11,15H,3-8,12H2,1-2H3. The van der Waals surface area contributed by atoms with E-state index in [9.17, 15) is 4.79 Å². The Bertz CT molecular complexity index is 414. The number of carbonyl (C=O) groups excluding carboxylic acids is 1. The second-order valence-corrected chi connectivity index (χ2v) is 5.63. The van der Waals surface area contributed by atoms with E-state index < -0.39 is 0 Å². The minimum Gasteiger partial charge on any atom is -0.294 e. The van der Waals surface area contributed by atoms with Crippen LogP contribution < -0.4 is 0 Å². The van der Waals surface area contributed by atoms with Gasteiger partial charge in [0.25, 0.3) is 0 Å². The summed E-state index contributed by atoms with van der Waals surface area (Å²) in [6.07, 6.45) is 8.27. The molecule has 0 radical (unpaired) electrons. The van der Waals surface area contributed by atoms with Gasteiger partial charge in [-0.3, -0.25) is 4.79 Å². The summed E-state index contributed by atoms with van der Waals surface area (Å²) in [5, 5.41) is 0. The van der Waals surface area contributed by atoms with Gasteiger partial charge in [0.2, 0.25) is 0 Å². The number of ketones is 1. The minimum absolute atomic E-state index is 0.349. The van der Waals surface area contributed by atoms with Crippen LogP contribution in [0.2, 0.25) is 0 Å². The summed E-state index contributed by atoms with van der Waals surface area (Å²) in [6, 6.07) is 6.29. The molecule has 1 fully saturated rings. The van der Waals surface area contributed by atoms with E-state index in [2.05, 4.69) is 26.0 Å². The van der Waals surface area contributed by atoms with Crippen LogP contribution in [0.1, 0.15) is 66.9 Å². The fourth-order valence-electron chi connectivity index (χ4n) is 3.02. The van der Waals surface area contributed by atoms with Gasteiger partial charge in [-0.25, -0.2) is 0 Å². The first-order valence-electron chi connectivity index (χ1n) is 7.33. The molecule has 0 N–H and O–H groups in total. The molecule has 0 saturated heterocycles. The number of rotatable bonds is 4. The van der Waals surface area contributed by atoms with Gasteiger partial charge in [0.15, 0.2) is 5.78 Å². The number of benzene rings is 1. The molecule has 18 heavy (non-hydrogen) atoms. The molecule has 0 spiro atoms. The Morgan fingerprint density at radius 1 is 1.22 bits per heavy atom. The number of aryl methyl sites for hydroxylation is 2. The van der Waals surface area contributed by atoms with Gasteiger partial charge in [-0.1, -0.05) is 57.2 Å². The topological polar surface area (TPSA) is 17.1 Å². The van der Waals surface area contributed by atoms with Crippen LogP contribution in [0.4, 0.5) is 0 Å². The molecule has 1 aromatic carbocycles. The highest BCUT2D eigenvalue weighted by molar-refractivity contribution is 5.97. The Hall–Kier alpha value is -1.11. The van der Waals surface area contributed by atoms with Crippen molar-refractivity contribution in [3.05, 3.63) is 34.9 Å². The first-order valence-corrected chi connectivity index (χ1v) is 7.33. The van der Waals surface area contributed by atoms with Crippen LogP contribution in [-0.4, -0.2) is 5.78 Å². The van der Waals surface area contributed by atoms with Gasteiger partial charge in [-0.15, -0.1) is 0 Å². The van der Waals surface area contributed by atoms with Crippen molar-refractivity contribution in [2.45, 2.75) is 58.8 Å². The number of hydrogen-bond donors (Lipinski definition) is 0. The van der Waals surface area contributed by atoms with Crippen molar-refractivity contribution in [3.8, 4) is 0 Å². The summed E-state index contributed by atoms with van der Waals surface area (Å²) < 4.78 is 0. The van der Waals surface area contributed by atoms with Crippen LogP contribution >= 0.6 is 0 Å². The van der Waals surface area contributed by atoms with Crippen LogP contribution in [0.3, 0.4) is 0 Å². The normalized spacial score (nSPS) is 16.8. The fraction of sp³-hybridized carbons (Fsp3) is 0.588. The van der Waals surface area contributed by atoms with Gasteiger partial charge in [0.1, 0.15) is 0 Å². The molecule has 0 bridgehead atoms. The van der Waals surface area contributed by atoms with E-state index in [1.807, 2.05) is 6.07 Å². The second-order valence-electron chi connectivity index (χ2n) is 5.63. The van der Waals surface area contributed by atoms with Crippen LogP contribution in [0.5, 0.6) is 0 Å². The van der Waals surface area contributed by atoms with Gasteiger partial charge >= 0.3 is 0 Å². The number of hydrogen-bond acceptors (Lipinski definition) is 1. The Morgan fingerprint density at radius 2 is 1.94 bits per heavy atom. The lowest BCUT2D eigenvalue weighted by Gasteiger charge is -2.21. The van der Waals surface area contributed by atoms with E-state index >= 15 is 0 Å². The van der Waals surface area contributed by atoms with Crippen LogP contribution in [0, 0.1) is 12.8 Å². The molecule has 0 atom stereocenters. The van der Waals surface area contributed by atoms with E-state index in [1.54, 1.807) is 0 Å². The summed E-state index contributed by atoms with van der Waals surface area (Å²) in [6.45, 7) is 4.21. The molecule has 1 aliphatic rings. The molecule has 98 valence electrons. The van der Waals surface area contributed by atoms with Crippen molar-refractivity contribution in [2.24, 2.45) is 5.92 Å². The largest absolute Gasteiger partial charge is 0.294 e. The molecule has 1 aliphatic carbocycles. The smallest absolute Gasteiger partial charge is 0.163 e. The van der Waals surface area contributed by atoms with E-state index in [1.165, 1.54) is 37.7 Å². The molecule has 1 saturated carbocycles. The van der Waals surface area contributed by atoms with Crippen LogP contribution in [0.15, 0.2) is 18.2 Å². The second kappa shape index (κ2) is 6.17. The van der Waals surface area contributed by atoms with Crippen molar-refractivity contribution in [3.63, 3.8) is 0 Å². The summed E-state index contributed by atoms with van der Waals surface area (Å²) in [7, 11) is 0. The SMILES string of the molecule is CCc1ccc(C(=O)CC2CCCCC2)c(C)c1. The number of Topliss-reactive ketones (excluding diaryl/α,β-unsaturated/α-hetero) is 1. The monoisotopic (exact) mass is 244 g/mol. The predicted molar refractivity (Wildman–Crippen MR) is 76.1 cm³/mol. The molecule has 0 aromatic heterocycles. The molecule has 0 amide bonds. The highest BCUT2D eigenvalue weighted by Crippen LogP contribution is 2.28. The lowest BCUT2D eigenvalue weighted by molar-refractivity contribution is 0.0949. The Morgan fingerprint density at radius 3 is 2.56 bits per heavy atom. The first-order chi connectivity index (χ1) is 8.70. The zero-order valence-electron chi connectivity index (χ0n) is 11.7. The summed E-state index contributed by atoms with van der Waals surface area (Å²) in [5.74, 6) is 0.985. The molecular formula is C17H24O. The van der Waals surface area contributed by atoms with Crippen LogP contribution in [0.25, 0.3) is 0 Å². The summed E-state index contributed by atoms with van der Waals surface area (Å²) in [5.41, 5.74) is 3.41. The zero-order chi connectivity index (χ0) is 13.0. The van der Waals surface area contributed by atoms with E-state index in [0.717, 1.165) is 24.0 Å². The van der Waals surface area contributed by atoms with Crippen LogP contribution in [-0.2, 0) is 6.42 Å². The molecular weight excluding hydrogens is 220 g/mol. The number of carbonyl (C=O) groups is 1. The Kier molecular flexibility index (Phi) is 4.57. The molecule has 0 aliphatic heterocycles. The van der Waals surface area contributed by atoms with Crippen molar-refractivity contribution < 1.29 is 4.79 Å². The van der Waals surface area contributed by atoms with Gasteiger partial charge in [0, 0.05) is 12.0 Å². The third-order valence-corrected chi connectivity index (χ3v) is 4.20. The van der Waals surface area contributed by atoms with Gasteiger partial charge < -0.3 is 0 Å². The highest BCUT2D eigenvalue weighted by Gasteiger charge is 2.18. The minimum atomic E-state index is 0.349. The van der Waals surface area contributed by atoms with Gasteiger partial charge in [-0.2, -0.15) is 0 Å². The summed E-state index contributed by atoms with van der Waals surface area (Å²) >= 11 is 0. The van der Waals surface area contributed by atoms with Crippen molar-refractivity contribution >= 4 is 5.78 Å². The lowest BCUT2D eigenvalue weighted by atomic mass is 9.84. The molecule has 1 aromatic rings. The third-order valence-electron chi connectivity index (χ3n) is 4.20. The third kappa shape index (κ3) is 3.22. The lowest BCUT2D eigenvalue weighted by Crippen LogP contribution is -2.13. The maximum atomic E-state index is 12.3. The van der Waals surface area contributed by atoms with Gasteiger partial charge in [-0.05, 0) is 30.4 Å². The maximum Gasteiger partial charge on any atom is 0.163 e. The van der Waals surface area contributed by atoms with Gasteiger partial charge in [0.05, 0.1) is 0 Å². The molecule has 1 heteroatoms. The molecule has 1 nitrogen and oxygen atoms in total. The predicted octanol–water partition coefficient (Wildman–Crippen LogP) is 4.71. The zero-order valence-corrected chi connectivity index (χ0v) is 11.7. The van der Waals surface area contributed by atoms with Crippen molar-refractivity contribution in [2.75, 3.05) is 0 Å². The average molecular weight is 244 g/mol. The maximum absolute atomic E-state index is 12.3. The average Bonchev–Trinajstić information content (AvgIpc) is 2.39. The van der Waals surface area contributed by atoms with E-state index in [0.29, 0.717) is 11.7 Å². The summed E-state index contributed by atoms with van der Waals surface area (Å²) in [4.78, 5) is 12.3. The van der Waals surface area contributed by atoms with Crippen molar-refractivity contribution in [1.82, 2.24) is 0 Å². The molecule has 0 heterocycles. The fourth-order valence-corrected chi connectivity index (χ4v) is 3.02. The van der Waals surface area contributed by atoms with Crippen molar-refractivity contribution in [1.29, 1.82) is 0 Å².